The Labute approximate surface area is 155 Å². The Morgan fingerprint density at radius 3 is 2.04 bits per heavy atom. The van der Waals surface area contributed by atoms with Crippen LogP contribution >= 0.6 is 11.9 Å². The number of carbonyl (C=O) groups is 1. The van der Waals surface area contributed by atoms with Crippen LogP contribution in [-0.2, 0) is 4.79 Å². The molecule has 7 nitrogen and oxygen atoms in total. The third kappa shape index (κ3) is 3.33. The monoisotopic (exact) mass is 373 g/mol. The number of benzene rings is 2. The average Bonchev–Trinajstić information content (AvgIpc) is 3.08. The van der Waals surface area contributed by atoms with E-state index in [2.05, 4.69) is 4.99 Å². The first kappa shape index (κ1) is 18.1. The van der Waals surface area contributed by atoms with Gasteiger partial charge < -0.3 is 14.6 Å². The lowest BCUT2D eigenvalue weighted by atomic mass is 10.2. The third-order valence-electron chi connectivity index (χ3n) is 3.92. The summed E-state index contributed by atoms with van der Waals surface area (Å²) in [5.74, 6) is 0.988. The molecule has 0 bridgehead atoms. The number of ether oxygens (including phenoxy) is 2. The van der Waals surface area contributed by atoms with E-state index in [1.54, 1.807) is 23.6 Å². The SMILES string of the molecule is COc1ccc(C2=NC(C(=O)O)N(SC)N2c2ccc(OC)cc2)cc1. The third-order valence-corrected chi connectivity index (χ3v) is 4.66. The van der Waals surface area contributed by atoms with E-state index >= 15 is 0 Å². The van der Waals surface area contributed by atoms with E-state index in [1.807, 2.05) is 54.8 Å². The zero-order chi connectivity index (χ0) is 18.7. The fourth-order valence-corrected chi connectivity index (χ4v) is 3.32. The minimum absolute atomic E-state index is 0.555. The van der Waals surface area contributed by atoms with Crippen LogP contribution in [0.4, 0.5) is 5.69 Å². The molecule has 0 aliphatic carbocycles. The summed E-state index contributed by atoms with van der Waals surface area (Å²) >= 11 is 1.30. The lowest BCUT2D eigenvalue weighted by Crippen LogP contribution is -2.43. The van der Waals surface area contributed by atoms with Crippen molar-refractivity contribution in [2.45, 2.75) is 6.17 Å². The summed E-state index contributed by atoms with van der Waals surface area (Å²) in [6, 6.07) is 14.7. The van der Waals surface area contributed by atoms with Crippen molar-refractivity contribution in [3.8, 4) is 11.5 Å². The lowest BCUT2D eigenvalue weighted by molar-refractivity contribution is -0.140. The second kappa shape index (κ2) is 7.67. The molecule has 1 aliphatic rings. The minimum atomic E-state index is -1.01. The standard InChI is InChI=1S/C18H19N3O4S/c1-24-14-8-4-12(5-9-14)16-19-17(18(22)23)21(26-3)20(16)13-6-10-15(25-2)11-7-13/h4-11,17H,1-3H3,(H,22,23). The summed E-state index contributed by atoms with van der Waals surface area (Å²) in [6.45, 7) is 0. The maximum Gasteiger partial charge on any atom is 0.346 e. The van der Waals surface area contributed by atoms with Crippen molar-refractivity contribution in [3.05, 3.63) is 54.1 Å². The summed E-state index contributed by atoms with van der Waals surface area (Å²) in [5, 5.41) is 11.4. The van der Waals surface area contributed by atoms with Crippen LogP contribution < -0.4 is 14.5 Å². The van der Waals surface area contributed by atoms with E-state index in [1.165, 1.54) is 11.9 Å². The molecule has 0 saturated heterocycles. The summed E-state index contributed by atoms with van der Waals surface area (Å²) in [6.07, 6.45) is 0.808. The molecule has 0 fully saturated rings. The van der Waals surface area contributed by atoms with Crippen LogP contribution in [0.5, 0.6) is 11.5 Å². The van der Waals surface area contributed by atoms with E-state index in [0.29, 0.717) is 5.84 Å². The van der Waals surface area contributed by atoms with Crippen LogP contribution in [0.1, 0.15) is 5.56 Å². The minimum Gasteiger partial charge on any atom is -0.497 e. The summed E-state index contributed by atoms with van der Waals surface area (Å²) in [5.41, 5.74) is 1.59. The number of carboxylic acid groups (broad SMARTS) is 1. The Bertz CT molecular complexity index is 808. The molecule has 0 spiro atoms. The van der Waals surface area contributed by atoms with Gasteiger partial charge in [-0.3, -0.25) is 0 Å². The number of aliphatic carboxylic acids is 1. The molecular formula is C18H19N3O4S. The van der Waals surface area contributed by atoms with Crippen molar-refractivity contribution in [1.29, 1.82) is 0 Å². The second-order valence-electron chi connectivity index (χ2n) is 5.39. The van der Waals surface area contributed by atoms with Gasteiger partial charge in [0.25, 0.3) is 0 Å². The normalized spacial score (nSPS) is 17.1. The van der Waals surface area contributed by atoms with Crippen molar-refractivity contribution in [2.24, 2.45) is 4.99 Å². The molecule has 1 heterocycles. The van der Waals surface area contributed by atoms with Gasteiger partial charge in [-0.05, 0) is 54.8 Å². The molecular weight excluding hydrogens is 354 g/mol. The highest BCUT2D eigenvalue weighted by molar-refractivity contribution is 7.96. The first-order chi connectivity index (χ1) is 12.6. The first-order valence-electron chi connectivity index (χ1n) is 7.81. The highest BCUT2D eigenvalue weighted by Crippen LogP contribution is 2.33. The summed E-state index contributed by atoms with van der Waals surface area (Å²) < 4.78 is 12.0. The number of carboxylic acids is 1. The van der Waals surface area contributed by atoms with Crippen molar-refractivity contribution < 1.29 is 19.4 Å². The van der Waals surface area contributed by atoms with Crippen LogP contribution in [0.3, 0.4) is 0 Å². The first-order valence-corrected chi connectivity index (χ1v) is 8.99. The maximum atomic E-state index is 11.7. The number of rotatable bonds is 6. The summed E-state index contributed by atoms with van der Waals surface area (Å²) in [7, 11) is 3.20. The zero-order valence-electron chi connectivity index (χ0n) is 14.6. The van der Waals surface area contributed by atoms with Crippen molar-refractivity contribution >= 4 is 29.4 Å². The van der Waals surface area contributed by atoms with Gasteiger partial charge in [0.15, 0.2) is 5.84 Å². The predicted molar refractivity (Wildman–Crippen MR) is 102 cm³/mol. The summed E-state index contributed by atoms with van der Waals surface area (Å²) in [4.78, 5) is 16.1. The zero-order valence-corrected chi connectivity index (χ0v) is 15.4. The Kier molecular flexibility index (Phi) is 5.34. The Balaban J connectivity index is 2.06. The number of nitrogens with zero attached hydrogens (tertiary/aromatic N) is 3. The molecule has 8 heteroatoms. The molecule has 3 rings (SSSR count). The van der Waals surface area contributed by atoms with Crippen molar-refractivity contribution in [2.75, 3.05) is 25.5 Å². The van der Waals surface area contributed by atoms with Gasteiger partial charge in [0.05, 0.1) is 19.9 Å². The van der Waals surface area contributed by atoms with Crippen LogP contribution in [0.15, 0.2) is 53.5 Å². The molecule has 0 saturated carbocycles. The molecule has 0 aromatic heterocycles. The van der Waals surface area contributed by atoms with E-state index in [4.69, 9.17) is 9.47 Å². The van der Waals surface area contributed by atoms with Gasteiger partial charge >= 0.3 is 5.97 Å². The molecule has 136 valence electrons. The topological polar surface area (TPSA) is 74.6 Å². The van der Waals surface area contributed by atoms with Gasteiger partial charge in [-0.2, -0.15) is 0 Å². The number of hydrazine groups is 1. The Hall–Kier alpha value is -2.71. The van der Waals surface area contributed by atoms with Gasteiger partial charge in [0, 0.05) is 5.56 Å². The van der Waals surface area contributed by atoms with Gasteiger partial charge in [-0.15, -0.1) is 4.41 Å². The number of aliphatic imine (C=N–C) groups is 1. The van der Waals surface area contributed by atoms with E-state index < -0.39 is 12.1 Å². The highest BCUT2D eigenvalue weighted by Gasteiger charge is 2.39. The maximum absolute atomic E-state index is 11.7. The molecule has 1 N–H and O–H groups in total. The van der Waals surface area contributed by atoms with Crippen molar-refractivity contribution in [3.63, 3.8) is 0 Å². The molecule has 0 radical (unpaired) electrons. The largest absolute Gasteiger partial charge is 0.497 e. The van der Waals surface area contributed by atoms with Crippen LogP contribution in [0.25, 0.3) is 0 Å². The van der Waals surface area contributed by atoms with Gasteiger partial charge in [-0.1, -0.05) is 11.9 Å². The number of anilines is 1. The molecule has 1 aliphatic heterocycles. The number of amidine groups is 1. The lowest BCUT2D eigenvalue weighted by Gasteiger charge is -2.30. The fraction of sp³-hybridized carbons (Fsp3) is 0.222. The molecule has 26 heavy (non-hydrogen) atoms. The molecule has 1 unspecified atom stereocenters. The number of hydrogen-bond acceptors (Lipinski definition) is 7. The molecule has 1 atom stereocenters. The predicted octanol–water partition coefficient (Wildman–Crippen LogP) is 2.88. The quantitative estimate of drug-likeness (QED) is 0.781. The second-order valence-corrected chi connectivity index (χ2v) is 6.13. The highest BCUT2D eigenvalue weighted by atomic mass is 32.2. The molecule has 2 aromatic rings. The Morgan fingerprint density at radius 1 is 1.04 bits per heavy atom. The van der Waals surface area contributed by atoms with E-state index in [9.17, 15) is 9.90 Å². The van der Waals surface area contributed by atoms with Gasteiger partial charge in [0.2, 0.25) is 6.17 Å². The van der Waals surface area contributed by atoms with Gasteiger partial charge in [-0.25, -0.2) is 14.8 Å². The van der Waals surface area contributed by atoms with E-state index in [0.717, 1.165) is 22.7 Å². The number of hydrogen-bond donors (Lipinski definition) is 1. The molecule has 2 aromatic carbocycles. The molecule has 0 amide bonds. The fourth-order valence-electron chi connectivity index (χ4n) is 2.65. The van der Waals surface area contributed by atoms with Crippen LogP contribution in [0.2, 0.25) is 0 Å². The van der Waals surface area contributed by atoms with Crippen LogP contribution in [-0.4, -0.2) is 48.0 Å². The Morgan fingerprint density at radius 2 is 1.58 bits per heavy atom. The van der Waals surface area contributed by atoms with E-state index in [-0.39, 0.29) is 0 Å². The average molecular weight is 373 g/mol. The van der Waals surface area contributed by atoms with Crippen molar-refractivity contribution in [1.82, 2.24) is 4.41 Å². The number of methoxy groups -OCH3 is 2. The van der Waals surface area contributed by atoms with Gasteiger partial charge in [0.1, 0.15) is 11.5 Å². The van der Waals surface area contributed by atoms with Crippen LogP contribution in [0, 0.1) is 0 Å². The smallest absolute Gasteiger partial charge is 0.346 e.